The first-order valence-electron chi connectivity index (χ1n) is 7.27. The summed E-state index contributed by atoms with van der Waals surface area (Å²) in [4.78, 5) is 13.1. The first-order chi connectivity index (χ1) is 10.8. The molecular formula is C16H15ClN4O. The molecule has 0 atom stereocenters. The van der Waals surface area contributed by atoms with E-state index in [1.807, 2.05) is 36.4 Å². The number of aromatic nitrogens is 2. The molecule has 22 heavy (non-hydrogen) atoms. The fourth-order valence-electron chi connectivity index (χ4n) is 2.74. The second-order valence-electron chi connectivity index (χ2n) is 5.28. The van der Waals surface area contributed by atoms with Crippen LogP contribution in [0.1, 0.15) is 0 Å². The molecule has 0 bridgehead atoms. The molecule has 1 saturated heterocycles. The standard InChI is InChI=1S/C16H15ClN4O/c17-15-11-12(5-6-18-15)20-7-9-21(10-8-20)16-19-13-3-1-2-4-14(13)22-16/h1-6,11H,7-10H2. The van der Waals surface area contributed by atoms with Crippen molar-refractivity contribution in [2.75, 3.05) is 36.0 Å². The third-order valence-corrected chi connectivity index (χ3v) is 4.11. The number of anilines is 2. The molecule has 6 heteroatoms. The number of piperazine rings is 1. The van der Waals surface area contributed by atoms with Crippen molar-refractivity contribution in [2.45, 2.75) is 0 Å². The van der Waals surface area contributed by atoms with Gasteiger partial charge < -0.3 is 14.2 Å². The molecule has 4 rings (SSSR count). The third kappa shape index (κ3) is 2.48. The molecule has 0 spiro atoms. The van der Waals surface area contributed by atoms with E-state index in [1.54, 1.807) is 6.20 Å². The van der Waals surface area contributed by atoms with Crippen molar-refractivity contribution in [1.29, 1.82) is 0 Å². The molecule has 0 saturated carbocycles. The lowest BCUT2D eigenvalue weighted by Gasteiger charge is -2.35. The van der Waals surface area contributed by atoms with Gasteiger partial charge in [-0.2, -0.15) is 4.98 Å². The van der Waals surface area contributed by atoms with Crippen LogP contribution in [0.3, 0.4) is 0 Å². The lowest BCUT2D eigenvalue weighted by atomic mass is 10.3. The third-order valence-electron chi connectivity index (χ3n) is 3.91. The zero-order chi connectivity index (χ0) is 14.9. The van der Waals surface area contributed by atoms with Crippen molar-refractivity contribution in [3.8, 4) is 0 Å². The van der Waals surface area contributed by atoms with Crippen LogP contribution in [0.25, 0.3) is 11.1 Å². The van der Waals surface area contributed by atoms with Gasteiger partial charge in [0.15, 0.2) is 5.58 Å². The molecular weight excluding hydrogens is 300 g/mol. The number of rotatable bonds is 2. The molecule has 5 nitrogen and oxygen atoms in total. The van der Waals surface area contributed by atoms with Gasteiger partial charge in [-0.05, 0) is 24.3 Å². The van der Waals surface area contributed by atoms with E-state index in [9.17, 15) is 0 Å². The van der Waals surface area contributed by atoms with Crippen LogP contribution in [0.5, 0.6) is 0 Å². The number of hydrogen-bond acceptors (Lipinski definition) is 5. The van der Waals surface area contributed by atoms with Crippen LogP contribution in [0.15, 0.2) is 47.0 Å². The van der Waals surface area contributed by atoms with Crippen molar-refractivity contribution >= 4 is 34.4 Å². The Bertz CT molecular complexity index is 762. The van der Waals surface area contributed by atoms with Crippen LogP contribution < -0.4 is 9.80 Å². The number of fused-ring (bicyclic) bond motifs is 1. The van der Waals surface area contributed by atoms with Crippen molar-refractivity contribution in [3.63, 3.8) is 0 Å². The Balaban J connectivity index is 1.49. The highest BCUT2D eigenvalue weighted by molar-refractivity contribution is 6.29. The highest BCUT2D eigenvalue weighted by Gasteiger charge is 2.21. The van der Waals surface area contributed by atoms with Gasteiger partial charge in [-0.1, -0.05) is 23.7 Å². The summed E-state index contributed by atoms with van der Waals surface area (Å²) in [6.45, 7) is 3.54. The minimum Gasteiger partial charge on any atom is -0.423 e. The summed E-state index contributed by atoms with van der Waals surface area (Å²) < 4.78 is 5.83. The van der Waals surface area contributed by atoms with E-state index in [-0.39, 0.29) is 0 Å². The molecule has 0 amide bonds. The average Bonchev–Trinajstić information content (AvgIpc) is 2.99. The molecule has 3 heterocycles. The Morgan fingerprint density at radius 2 is 1.77 bits per heavy atom. The van der Waals surface area contributed by atoms with Gasteiger partial charge in [0.25, 0.3) is 6.01 Å². The second kappa shape index (κ2) is 5.50. The topological polar surface area (TPSA) is 45.4 Å². The van der Waals surface area contributed by atoms with Crippen molar-refractivity contribution in [1.82, 2.24) is 9.97 Å². The van der Waals surface area contributed by atoms with Crippen molar-refractivity contribution in [2.24, 2.45) is 0 Å². The summed E-state index contributed by atoms with van der Waals surface area (Å²) in [6, 6.07) is 12.4. The Kier molecular flexibility index (Phi) is 3.35. The van der Waals surface area contributed by atoms with Crippen LogP contribution in [0.4, 0.5) is 11.7 Å². The molecule has 112 valence electrons. The molecule has 0 N–H and O–H groups in total. The number of para-hydroxylation sites is 2. The van der Waals surface area contributed by atoms with E-state index in [0.29, 0.717) is 11.2 Å². The Morgan fingerprint density at radius 3 is 2.55 bits per heavy atom. The van der Waals surface area contributed by atoms with E-state index >= 15 is 0 Å². The minimum atomic E-state index is 0.527. The summed E-state index contributed by atoms with van der Waals surface area (Å²) in [5.74, 6) is 0. The normalized spacial score (nSPS) is 15.5. The maximum Gasteiger partial charge on any atom is 0.298 e. The zero-order valence-electron chi connectivity index (χ0n) is 11.9. The Hall–Kier alpha value is -2.27. The molecule has 0 radical (unpaired) electrons. The number of pyridine rings is 1. The first kappa shape index (κ1) is 13.4. The molecule has 3 aromatic rings. The predicted octanol–water partition coefficient (Wildman–Crippen LogP) is 3.20. The maximum absolute atomic E-state index is 5.96. The van der Waals surface area contributed by atoms with Crippen LogP contribution >= 0.6 is 11.6 Å². The van der Waals surface area contributed by atoms with E-state index < -0.39 is 0 Å². The maximum atomic E-state index is 5.96. The van der Waals surface area contributed by atoms with Gasteiger partial charge in [0, 0.05) is 38.1 Å². The van der Waals surface area contributed by atoms with E-state index in [1.165, 1.54) is 0 Å². The summed E-state index contributed by atoms with van der Waals surface area (Å²) >= 11 is 5.96. The van der Waals surface area contributed by atoms with Gasteiger partial charge in [0.1, 0.15) is 10.7 Å². The van der Waals surface area contributed by atoms with Crippen LogP contribution in [-0.4, -0.2) is 36.1 Å². The highest BCUT2D eigenvalue weighted by Crippen LogP contribution is 2.24. The predicted molar refractivity (Wildman–Crippen MR) is 87.7 cm³/mol. The molecule has 1 aromatic carbocycles. The lowest BCUT2D eigenvalue weighted by molar-refractivity contribution is 0.542. The number of benzene rings is 1. The SMILES string of the molecule is Clc1cc(N2CCN(c3nc4ccccc4o3)CC2)ccn1. The van der Waals surface area contributed by atoms with Gasteiger partial charge in [0.2, 0.25) is 0 Å². The summed E-state index contributed by atoms with van der Waals surface area (Å²) in [7, 11) is 0. The van der Waals surface area contributed by atoms with Gasteiger partial charge in [-0.3, -0.25) is 0 Å². The minimum absolute atomic E-state index is 0.527. The summed E-state index contributed by atoms with van der Waals surface area (Å²) in [5.41, 5.74) is 2.85. The van der Waals surface area contributed by atoms with E-state index in [0.717, 1.165) is 43.0 Å². The Morgan fingerprint density at radius 1 is 1.00 bits per heavy atom. The number of oxazole rings is 1. The van der Waals surface area contributed by atoms with Gasteiger partial charge in [-0.15, -0.1) is 0 Å². The summed E-state index contributed by atoms with van der Waals surface area (Å²) in [6.07, 6.45) is 1.74. The highest BCUT2D eigenvalue weighted by atomic mass is 35.5. The monoisotopic (exact) mass is 314 g/mol. The molecule has 1 aliphatic rings. The zero-order valence-corrected chi connectivity index (χ0v) is 12.7. The smallest absolute Gasteiger partial charge is 0.298 e. The molecule has 2 aromatic heterocycles. The van der Waals surface area contributed by atoms with Gasteiger partial charge in [0.05, 0.1) is 0 Å². The largest absolute Gasteiger partial charge is 0.423 e. The van der Waals surface area contributed by atoms with Crippen LogP contribution in [-0.2, 0) is 0 Å². The van der Waals surface area contributed by atoms with E-state index in [4.69, 9.17) is 16.0 Å². The fraction of sp³-hybridized carbons (Fsp3) is 0.250. The molecule has 1 fully saturated rings. The van der Waals surface area contributed by atoms with Crippen LogP contribution in [0, 0.1) is 0 Å². The van der Waals surface area contributed by atoms with E-state index in [2.05, 4.69) is 19.8 Å². The van der Waals surface area contributed by atoms with Crippen molar-refractivity contribution < 1.29 is 4.42 Å². The van der Waals surface area contributed by atoms with Gasteiger partial charge in [-0.25, -0.2) is 4.98 Å². The molecule has 0 unspecified atom stereocenters. The van der Waals surface area contributed by atoms with Crippen molar-refractivity contribution in [3.05, 3.63) is 47.7 Å². The average molecular weight is 315 g/mol. The molecule has 1 aliphatic heterocycles. The fourth-order valence-corrected chi connectivity index (χ4v) is 2.91. The van der Waals surface area contributed by atoms with Crippen LogP contribution in [0.2, 0.25) is 5.15 Å². The molecule has 0 aliphatic carbocycles. The quantitative estimate of drug-likeness (QED) is 0.680. The number of halogens is 1. The lowest BCUT2D eigenvalue weighted by Crippen LogP contribution is -2.46. The first-order valence-corrected chi connectivity index (χ1v) is 7.64. The number of nitrogens with zero attached hydrogens (tertiary/aromatic N) is 4. The Labute approximate surface area is 133 Å². The summed E-state index contributed by atoms with van der Waals surface area (Å²) in [5, 5.41) is 0.527. The number of hydrogen-bond donors (Lipinski definition) is 0. The second-order valence-corrected chi connectivity index (χ2v) is 5.66. The van der Waals surface area contributed by atoms with Gasteiger partial charge >= 0.3 is 0 Å².